The van der Waals surface area contributed by atoms with Crippen LogP contribution in [0.4, 0.5) is 0 Å². The number of aromatic hydroxyl groups is 1. The number of ether oxygens (including phenoxy) is 3. The Morgan fingerprint density at radius 2 is 1.70 bits per heavy atom. The van der Waals surface area contributed by atoms with E-state index >= 15 is 0 Å². The minimum Gasteiger partial charge on any atom is -0.870 e. The number of rotatable bonds is 7. The third kappa shape index (κ3) is 7.03. The number of benzene rings is 1. The minimum absolute atomic E-state index is 0. The Morgan fingerprint density at radius 3 is 2.13 bits per heavy atom. The van der Waals surface area contributed by atoms with E-state index in [1.165, 1.54) is 20.3 Å². The smallest absolute Gasteiger partial charge is 0.330 e. The van der Waals surface area contributed by atoms with Gasteiger partial charge in [0.25, 0.3) is 0 Å². The average molecular weight is 327 g/mol. The van der Waals surface area contributed by atoms with E-state index in [1.54, 1.807) is 18.2 Å². The maximum atomic E-state index is 11.7. The van der Waals surface area contributed by atoms with Crippen molar-refractivity contribution in [1.29, 1.82) is 0 Å². The molecule has 0 saturated heterocycles. The third-order valence-corrected chi connectivity index (χ3v) is 2.92. The summed E-state index contributed by atoms with van der Waals surface area (Å²) in [7, 11) is 8.97. The zero-order valence-electron chi connectivity index (χ0n) is 14.2. The number of phenolic OH excluding ortho intramolecular Hbond substituents is 1. The lowest BCUT2D eigenvalue weighted by Crippen LogP contribution is -2.37. The summed E-state index contributed by atoms with van der Waals surface area (Å²) in [6, 6.07) is 3.21. The summed E-state index contributed by atoms with van der Waals surface area (Å²) in [5.41, 5.74) is 0.662. The highest BCUT2D eigenvalue weighted by Crippen LogP contribution is 2.37. The van der Waals surface area contributed by atoms with Gasteiger partial charge < -0.3 is 29.3 Å². The van der Waals surface area contributed by atoms with Gasteiger partial charge in [-0.05, 0) is 23.8 Å². The monoisotopic (exact) mass is 327 g/mol. The molecule has 7 heteroatoms. The molecule has 0 saturated carbocycles. The van der Waals surface area contributed by atoms with Crippen molar-refractivity contribution in [3.05, 3.63) is 23.8 Å². The quantitative estimate of drug-likeness (QED) is 0.463. The number of likely N-dealkylation sites (N-methyl/N-ethyl adjacent to an activating group) is 1. The fraction of sp³-hybridized carbons (Fsp3) is 0.438. The first kappa shape index (κ1) is 20.8. The lowest BCUT2D eigenvalue weighted by atomic mass is 10.1. The predicted molar refractivity (Wildman–Crippen MR) is 86.0 cm³/mol. The SMILES string of the molecule is COc1cc(/C=C/C(=O)OCC[N+](C)(C)C)cc(OC)c1O.[OH-]. The molecule has 0 aliphatic heterocycles. The zero-order valence-corrected chi connectivity index (χ0v) is 14.2. The number of carbonyl (C=O) groups is 1. The molecule has 1 aromatic carbocycles. The van der Waals surface area contributed by atoms with Crippen molar-refractivity contribution in [2.45, 2.75) is 0 Å². The zero-order chi connectivity index (χ0) is 16.8. The second-order valence-corrected chi connectivity index (χ2v) is 5.79. The second kappa shape index (κ2) is 9.02. The summed E-state index contributed by atoms with van der Waals surface area (Å²) in [6.07, 6.45) is 2.92. The van der Waals surface area contributed by atoms with Gasteiger partial charge in [0.15, 0.2) is 11.5 Å². The van der Waals surface area contributed by atoms with Crippen molar-refractivity contribution in [2.24, 2.45) is 0 Å². The van der Waals surface area contributed by atoms with Crippen LogP contribution in [0.5, 0.6) is 17.2 Å². The summed E-state index contributed by atoms with van der Waals surface area (Å²) in [4.78, 5) is 11.7. The van der Waals surface area contributed by atoms with E-state index in [1.807, 2.05) is 21.1 Å². The largest absolute Gasteiger partial charge is 0.870 e. The van der Waals surface area contributed by atoms with Gasteiger partial charge in [-0.15, -0.1) is 0 Å². The number of esters is 1. The molecule has 0 bridgehead atoms. The Bertz CT molecular complexity index is 523. The molecule has 0 fully saturated rings. The minimum atomic E-state index is -0.417. The summed E-state index contributed by atoms with van der Waals surface area (Å²) < 4.78 is 16.0. The van der Waals surface area contributed by atoms with Gasteiger partial charge in [-0.25, -0.2) is 4.79 Å². The first-order valence-corrected chi connectivity index (χ1v) is 6.87. The summed E-state index contributed by atoms with van der Waals surface area (Å²) in [6.45, 7) is 1.09. The van der Waals surface area contributed by atoms with Crippen molar-refractivity contribution < 1.29 is 34.1 Å². The summed E-state index contributed by atoms with van der Waals surface area (Å²) in [5, 5.41) is 9.82. The van der Waals surface area contributed by atoms with Gasteiger partial charge >= 0.3 is 5.97 Å². The summed E-state index contributed by atoms with van der Waals surface area (Å²) >= 11 is 0. The second-order valence-electron chi connectivity index (χ2n) is 5.79. The Balaban J connectivity index is 0.00000484. The third-order valence-electron chi connectivity index (χ3n) is 2.92. The van der Waals surface area contributed by atoms with Crippen molar-refractivity contribution in [3.8, 4) is 17.2 Å². The van der Waals surface area contributed by atoms with Gasteiger partial charge in [-0.1, -0.05) is 0 Å². The molecule has 0 aliphatic rings. The average Bonchev–Trinajstić information content (AvgIpc) is 2.44. The molecule has 0 amide bonds. The van der Waals surface area contributed by atoms with E-state index in [4.69, 9.17) is 14.2 Å². The van der Waals surface area contributed by atoms with Crippen molar-refractivity contribution >= 4 is 12.0 Å². The van der Waals surface area contributed by atoms with Crippen LogP contribution >= 0.6 is 0 Å². The molecule has 23 heavy (non-hydrogen) atoms. The van der Waals surface area contributed by atoms with E-state index in [9.17, 15) is 9.90 Å². The Hall–Kier alpha value is -2.25. The predicted octanol–water partition coefficient (Wildman–Crippen LogP) is 1.50. The number of carbonyl (C=O) groups excluding carboxylic acids is 1. The van der Waals surface area contributed by atoms with Gasteiger partial charge in [0, 0.05) is 6.08 Å². The lowest BCUT2D eigenvalue weighted by molar-refractivity contribution is -0.870. The molecule has 0 aliphatic carbocycles. The molecule has 1 aromatic rings. The fourth-order valence-corrected chi connectivity index (χ4v) is 1.64. The van der Waals surface area contributed by atoms with Crippen LogP contribution < -0.4 is 9.47 Å². The molecule has 0 atom stereocenters. The maximum absolute atomic E-state index is 11.7. The number of methoxy groups -OCH3 is 2. The molecule has 0 spiro atoms. The van der Waals surface area contributed by atoms with Crippen molar-refractivity contribution in [3.63, 3.8) is 0 Å². The van der Waals surface area contributed by atoms with Crippen molar-refractivity contribution in [2.75, 3.05) is 48.5 Å². The van der Waals surface area contributed by atoms with Crippen LogP contribution in [-0.4, -0.2) is 69.5 Å². The Morgan fingerprint density at radius 1 is 1.17 bits per heavy atom. The van der Waals surface area contributed by atoms with Gasteiger partial charge in [0.1, 0.15) is 13.2 Å². The number of quaternary nitrogens is 1. The topological polar surface area (TPSA) is 95.0 Å². The van der Waals surface area contributed by atoms with E-state index in [2.05, 4.69) is 0 Å². The number of phenols is 1. The van der Waals surface area contributed by atoms with Gasteiger partial charge in [0.2, 0.25) is 5.75 Å². The molecule has 7 nitrogen and oxygen atoms in total. The standard InChI is InChI=1S/C16H23NO5.H2O/c1-17(2,3)8-9-22-15(18)7-6-12-10-13(20-4)16(19)14(11-12)21-5;/h6-7,10-11H,8-9H2,1-5H3;1H2. The normalized spacial score (nSPS) is 11.0. The molecular formula is C16H25NO6. The Kier molecular flexibility index (Phi) is 8.13. The van der Waals surface area contributed by atoms with E-state index in [0.29, 0.717) is 12.2 Å². The maximum Gasteiger partial charge on any atom is 0.330 e. The molecular weight excluding hydrogens is 302 g/mol. The molecule has 2 N–H and O–H groups in total. The first-order valence-electron chi connectivity index (χ1n) is 6.87. The highest BCUT2D eigenvalue weighted by Gasteiger charge is 2.11. The lowest BCUT2D eigenvalue weighted by Gasteiger charge is -2.23. The highest BCUT2D eigenvalue weighted by atomic mass is 16.5. The molecule has 0 unspecified atom stereocenters. The number of hydrogen-bond acceptors (Lipinski definition) is 6. The van der Waals surface area contributed by atoms with Gasteiger partial charge in [-0.3, -0.25) is 0 Å². The first-order chi connectivity index (χ1) is 10.3. The van der Waals surface area contributed by atoms with Crippen LogP contribution in [0.3, 0.4) is 0 Å². The fourth-order valence-electron chi connectivity index (χ4n) is 1.64. The van der Waals surface area contributed by atoms with E-state index in [-0.39, 0.29) is 22.7 Å². The highest BCUT2D eigenvalue weighted by molar-refractivity contribution is 5.87. The van der Waals surface area contributed by atoms with Crippen LogP contribution in [-0.2, 0) is 9.53 Å². The number of nitrogens with zero attached hydrogens (tertiary/aromatic N) is 1. The molecule has 0 heterocycles. The van der Waals surface area contributed by atoms with Crippen LogP contribution in [0, 0.1) is 0 Å². The molecule has 0 aromatic heterocycles. The number of hydrogen-bond donors (Lipinski definition) is 1. The molecule has 1 rings (SSSR count). The van der Waals surface area contributed by atoms with Crippen LogP contribution in [0.15, 0.2) is 18.2 Å². The molecule has 130 valence electrons. The van der Waals surface area contributed by atoms with Gasteiger partial charge in [-0.2, -0.15) is 0 Å². The van der Waals surface area contributed by atoms with E-state index in [0.717, 1.165) is 11.0 Å². The van der Waals surface area contributed by atoms with Crippen molar-refractivity contribution in [1.82, 2.24) is 0 Å². The van der Waals surface area contributed by atoms with Crippen LogP contribution in [0.25, 0.3) is 6.08 Å². The van der Waals surface area contributed by atoms with Crippen LogP contribution in [0.2, 0.25) is 0 Å². The van der Waals surface area contributed by atoms with E-state index < -0.39 is 5.97 Å². The molecule has 0 radical (unpaired) electrons. The summed E-state index contributed by atoms with van der Waals surface area (Å²) in [5.74, 6) is 0.0573. The van der Waals surface area contributed by atoms with Gasteiger partial charge in [0.05, 0.1) is 35.4 Å². The Labute approximate surface area is 136 Å². The van der Waals surface area contributed by atoms with Crippen LogP contribution in [0.1, 0.15) is 5.56 Å².